The first-order valence-electron chi connectivity index (χ1n) is 9.26. The number of ether oxygens (including phenoxy) is 1. The number of nitrogens with one attached hydrogen (secondary N) is 1. The van der Waals surface area contributed by atoms with E-state index in [0.717, 1.165) is 25.1 Å². The number of aromatic nitrogens is 2. The quantitative estimate of drug-likeness (QED) is 0.857. The molecule has 1 amide bonds. The number of hydrogen-bond acceptors (Lipinski definition) is 4. The van der Waals surface area contributed by atoms with Crippen molar-refractivity contribution in [3.63, 3.8) is 0 Å². The van der Waals surface area contributed by atoms with Crippen LogP contribution in [0, 0.1) is 11.3 Å². The predicted octanol–water partition coefficient (Wildman–Crippen LogP) is 2.67. The molecule has 2 heterocycles. The Hall–Kier alpha value is -1.40. The third kappa shape index (κ3) is 4.06. The van der Waals surface area contributed by atoms with Crippen LogP contribution in [0.1, 0.15) is 64.7 Å². The molecule has 2 atom stereocenters. The first-order valence-corrected chi connectivity index (χ1v) is 9.26. The second-order valence-corrected chi connectivity index (χ2v) is 8.96. The van der Waals surface area contributed by atoms with Gasteiger partial charge < -0.3 is 19.7 Å². The van der Waals surface area contributed by atoms with Gasteiger partial charge in [0.15, 0.2) is 0 Å². The Morgan fingerprint density at radius 2 is 2.20 bits per heavy atom. The second-order valence-electron chi connectivity index (χ2n) is 8.96. The maximum atomic E-state index is 13.0. The van der Waals surface area contributed by atoms with Crippen molar-refractivity contribution in [2.45, 2.75) is 70.6 Å². The lowest BCUT2D eigenvalue weighted by Gasteiger charge is -2.45. The summed E-state index contributed by atoms with van der Waals surface area (Å²) in [7, 11) is 1.69. The summed E-state index contributed by atoms with van der Waals surface area (Å²) in [4.78, 5) is 22.4. The van der Waals surface area contributed by atoms with Gasteiger partial charge in [-0.25, -0.2) is 4.98 Å². The van der Waals surface area contributed by atoms with E-state index >= 15 is 0 Å². The van der Waals surface area contributed by atoms with Gasteiger partial charge in [0.05, 0.1) is 17.7 Å². The first kappa shape index (κ1) is 18.4. The highest BCUT2D eigenvalue weighted by Gasteiger charge is 2.49. The molecule has 0 spiro atoms. The van der Waals surface area contributed by atoms with E-state index in [0.29, 0.717) is 19.4 Å². The highest BCUT2D eigenvalue weighted by Crippen LogP contribution is 2.45. The fourth-order valence-electron chi connectivity index (χ4n) is 4.01. The van der Waals surface area contributed by atoms with Crippen molar-refractivity contribution < 1.29 is 14.6 Å². The zero-order chi connectivity index (χ0) is 18.2. The zero-order valence-electron chi connectivity index (χ0n) is 15.8. The Balaban J connectivity index is 1.61. The van der Waals surface area contributed by atoms with Crippen LogP contribution in [0.15, 0.2) is 12.4 Å². The van der Waals surface area contributed by atoms with Gasteiger partial charge in [0.1, 0.15) is 5.82 Å². The number of carbonyl (C=O) groups excluding carboxylic acids is 1. The number of amides is 1. The van der Waals surface area contributed by atoms with Crippen LogP contribution in [-0.2, 0) is 9.53 Å². The summed E-state index contributed by atoms with van der Waals surface area (Å²) in [5, 5.41) is 10.7. The number of rotatable bonds is 5. The van der Waals surface area contributed by atoms with Gasteiger partial charge >= 0.3 is 0 Å². The van der Waals surface area contributed by atoms with Crippen molar-refractivity contribution in [2.24, 2.45) is 11.3 Å². The minimum absolute atomic E-state index is 0.0406. The first-order chi connectivity index (χ1) is 11.7. The fourth-order valence-corrected chi connectivity index (χ4v) is 4.01. The van der Waals surface area contributed by atoms with E-state index < -0.39 is 5.60 Å². The van der Waals surface area contributed by atoms with E-state index in [2.05, 4.69) is 30.7 Å². The number of imidazole rings is 1. The van der Waals surface area contributed by atoms with Gasteiger partial charge in [-0.05, 0) is 31.1 Å². The van der Waals surface area contributed by atoms with Gasteiger partial charge in [0, 0.05) is 38.4 Å². The summed E-state index contributed by atoms with van der Waals surface area (Å²) < 4.78 is 5.48. The van der Waals surface area contributed by atoms with Crippen LogP contribution in [-0.4, -0.2) is 51.2 Å². The molecular weight excluding hydrogens is 318 g/mol. The van der Waals surface area contributed by atoms with E-state index in [1.54, 1.807) is 19.5 Å². The van der Waals surface area contributed by atoms with Gasteiger partial charge in [-0.1, -0.05) is 20.8 Å². The van der Waals surface area contributed by atoms with E-state index in [9.17, 15) is 9.90 Å². The Labute approximate surface area is 150 Å². The van der Waals surface area contributed by atoms with Gasteiger partial charge in [-0.3, -0.25) is 4.79 Å². The number of aliphatic hydroxyl groups is 1. The third-order valence-electron chi connectivity index (χ3n) is 5.66. The van der Waals surface area contributed by atoms with Crippen LogP contribution in [0.25, 0.3) is 0 Å². The van der Waals surface area contributed by atoms with Gasteiger partial charge in [-0.15, -0.1) is 0 Å². The summed E-state index contributed by atoms with van der Waals surface area (Å²) in [5.41, 5.74) is -0.468. The molecule has 0 bridgehead atoms. The molecule has 2 N–H and O–H groups in total. The normalized spacial score (nSPS) is 32.7. The van der Waals surface area contributed by atoms with E-state index in [1.807, 2.05) is 4.90 Å². The molecule has 2 fully saturated rings. The molecule has 1 unspecified atom stereocenters. The largest absolute Gasteiger partial charge is 0.390 e. The molecular formula is C19H31N3O3. The number of H-pyrrole nitrogens is 1. The summed E-state index contributed by atoms with van der Waals surface area (Å²) in [5.74, 6) is 0.856. The van der Waals surface area contributed by atoms with Gasteiger partial charge in [-0.2, -0.15) is 0 Å². The minimum Gasteiger partial charge on any atom is -0.390 e. The van der Waals surface area contributed by atoms with E-state index in [-0.39, 0.29) is 29.4 Å². The molecule has 2 aliphatic rings. The maximum Gasteiger partial charge on any atom is 0.226 e. The van der Waals surface area contributed by atoms with Crippen LogP contribution in [0.3, 0.4) is 0 Å². The molecule has 1 aliphatic heterocycles. The van der Waals surface area contributed by atoms with Crippen LogP contribution >= 0.6 is 0 Å². The lowest BCUT2D eigenvalue weighted by atomic mass is 9.66. The molecule has 1 aliphatic carbocycles. The van der Waals surface area contributed by atoms with Crippen LogP contribution in [0.5, 0.6) is 0 Å². The Bertz CT molecular complexity index is 588. The number of hydrogen-bond donors (Lipinski definition) is 2. The Kier molecular flexibility index (Phi) is 4.95. The number of carbonyl (C=O) groups is 1. The molecule has 1 saturated carbocycles. The predicted molar refractivity (Wildman–Crippen MR) is 94.8 cm³/mol. The molecule has 1 aromatic heterocycles. The molecule has 6 nitrogen and oxygen atoms in total. The number of aromatic amines is 1. The lowest BCUT2D eigenvalue weighted by Crippen LogP contribution is -2.51. The average Bonchev–Trinajstić information content (AvgIpc) is 3.17. The van der Waals surface area contributed by atoms with Crippen LogP contribution in [0.4, 0.5) is 0 Å². The fraction of sp³-hybridized carbons (Fsp3) is 0.789. The molecule has 140 valence electrons. The Morgan fingerprint density at radius 3 is 2.76 bits per heavy atom. The monoisotopic (exact) mass is 349 g/mol. The summed E-state index contributed by atoms with van der Waals surface area (Å²) in [6.45, 7) is 7.14. The summed E-state index contributed by atoms with van der Waals surface area (Å²) in [6, 6.07) is -0.0595. The lowest BCUT2D eigenvalue weighted by molar-refractivity contribution is -0.154. The van der Waals surface area contributed by atoms with Crippen molar-refractivity contribution in [3.05, 3.63) is 18.2 Å². The second kappa shape index (κ2) is 6.72. The van der Waals surface area contributed by atoms with Crippen LogP contribution < -0.4 is 0 Å². The van der Waals surface area contributed by atoms with Crippen molar-refractivity contribution in [1.29, 1.82) is 0 Å². The molecule has 1 saturated heterocycles. The highest BCUT2D eigenvalue weighted by atomic mass is 16.5. The summed E-state index contributed by atoms with van der Waals surface area (Å²) in [6.07, 6.45) is 7.18. The summed E-state index contributed by atoms with van der Waals surface area (Å²) >= 11 is 0. The number of likely N-dealkylation sites (tertiary alicyclic amines) is 1. The average molecular weight is 349 g/mol. The van der Waals surface area contributed by atoms with Gasteiger partial charge in [0.2, 0.25) is 5.91 Å². The van der Waals surface area contributed by atoms with Crippen molar-refractivity contribution >= 4 is 5.91 Å². The van der Waals surface area contributed by atoms with E-state index in [4.69, 9.17) is 4.74 Å². The zero-order valence-corrected chi connectivity index (χ0v) is 15.8. The van der Waals surface area contributed by atoms with Crippen molar-refractivity contribution in [2.75, 3.05) is 13.7 Å². The van der Waals surface area contributed by atoms with Crippen molar-refractivity contribution in [3.8, 4) is 0 Å². The molecule has 25 heavy (non-hydrogen) atoms. The topological polar surface area (TPSA) is 78.5 Å². The highest BCUT2D eigenvalue weighted by molar-refractivity contribution is 5.81. The van der Waals surface area contributed by atoms with Crippen molar-refractivity contribution in [1.82, 2.24) is 14.9 Å². The van der Waals surface area contributed by atoms with Crippen LogP contribution in [0.2, 0.25) is 0 Å². The SMILES string of the molecule is CO[C@@H]1CC(c2ncc[nH]2)N(C(=O)C2CC(O)(CCC(C)(C)C)C2)C1. The maximum absolute atomic E-state index is 13.0. The van der Waals surface area contributed by atoms with Gasteiger partial charge in [0.25, 0.3) is 0 Å². The number of nitrogens with zero attached hydrogens (tertiary/aromatic N) is 2. The minimum atomic E-state index is -0.672. The smallest absolute Gasteiger partial charge is 0.226 e. The molecule has 0 aromatic carbocycles. The molecule has 6 heteroatoms. The molecule has 3 rings (SSSR count). The third-order valence-corrected chi connectivity index (χ3v) is 5.66. The number of methoxy groups -OCH3 is 1. The standard InChI is InChI=1S/C19H31N3O3/c1-18(2,3)5-6-19(24)10-13(11-19)17(23)22-12-14(25-4)9-15(22)16-20-7-8-21-16/h7-8,13-15,24H,5-6,9-12H2,1-4H3,(H,20,21)/t13?,14-,15?,19?/m1/s1. The molecule has 0 radical (unpaired) electrons. The van der Waals surface area contributed by atoms with E-state index in [1.165, 1.54) is 0 Å². The molecule has 1 aromatic rings. The Morgan fingerprint density at radius 1 is 1.48 bits per heavy atom.